The van der Waals surface area contributed by atoms with Crippen LogP contribution in [0.2, 0.25) is 0 Å². The van der Waals surface area contributed by atoms with Crippen LogP contribution in [0, 0.1) is 0 Å². The molecule has 1 aliphatic rings. The fourth-order valence-corrected chi connectivity index (χ4v) is 1.45. The van der Waals surface area contributed by atoms with E-state index < -0.39 is 37.3 Å². The lowest BCUT2D eigenvalue weighted by Crippen LogP contribution is -2.61. The Morgan fingerprint density at radius 3 is 2.31 bits per heavy atom. The van der Waals surface area contributed by atoms with Crippen LogP contribution in [0.3, 0.4) is 0 Å². The Kier molecular flexibility index (Phi) is 3.87. The Morgan fingerprint density at radius 1 is 1.23 bits per heavy atom. The molecule has 0 aromatic heterocycles. The minimum atomic E-state index is -1.35. The molecule has 7 heteroatoms. The molecule has 0 spiro atoms. The first kappa shape index (κ1) is 11.1. The van der Waals surface area contributed by atoms with Gasteiger partial charge in [-0.15, -0.1) is 0 Å². The highest BCUT2D eigenvalue weighted by molar-refractivity contribution is 6.13. The van der Waals surface area contributed by atoms with Crippen LogP contribution in [0.5, 0.6) is 0 Å². The summed E-state index contributed by atoms with van der Waals surface area (Å²) in [7, 11) is 0. The van der Waals surface area contributed by atoms with Crippen LogP contribution in [0.25, 0.3) is 0 Å². The SMILES string of the molecule is OCC1OC(O)C(NCl)C(O)[C@H]1O. The molecule has 6 nitrogen and oxygen atoms in total. The number of hydrogen-bond acceptors (Lipinski definition) is 6. The zero-order chi connectivity index (χ0) is 10.0. The van der Waals surface area contributed by atoms with Gasteiger partial charge >= 0.3 is 0 Å². The van der Waals surface area contributed by atoms with E-state index in [2.05, 4.69) is 4.84 Å². The van der Waals surface area contributed by atoms with Gasteiger partial charge in [-0.25, -0.2) is 4.84 Å². The number of nitrogens with one attached hydrogen (secondary N) is 1. The standard InChI is InChI=1S/C6H12ClNO5/c7-8-3-5(11)4(10)2(1-9)13-6(3)12/h2-6,8-12H,1H2/t2?,3?,4-,5?,6?/m0/s1. The Labute approximate surface area is 79.8 Å². The van der Waals surface area contributed by atoms with Crippen molar-refractivity contribution in [3.63, 3.8) is 0 Å². The molecule has 5 N–H and O–H groups in total. The van der Waals surface area contributed by atoms with Crippen molar-refractivity contribution in [3.8, 4) is 0 Å². The van der Waals surface area contributed by atoms with Gasteiger partial charge in [0, 0.05) is 0 Å². The summed E-state index contributed by atoms with van der Waals surface area (Å²) in [5, 5.41) is 36.6. The van der Waals surface area contributed by atoms with E-state index in [1.54, 1.807) is 0 Å². The van der Waals surface area contributed by atoms with Gasteiger partial charge in [-0.1, -0.05) is 0 Å². The van der Waals surface area contributed by atoms with Crippen LogP contribution in [0.1, 0.15) is 0 Å². The minimum Gasteiger partial charge on any atom is -0.394 e. The molecule has 1 heterocycles. The average molecular weight is 214 g/mol. The third-order valence-electron chi connectivity index (χ3n) is 2.03. The average Bonchev–Trinajstić information content (AvgIpc) is 2.12. The largest absolute Gasteiger partial charge is 0.394 e. The maximum absolute atomic E-state index is 9.36. The van der Waals surface area contributed by atoms with Gasteiger partial charge in [-0.05, 0) is 11.8 Å². The molecule has 0 aliphatic carbocycles. The van der Waals surface area contributed by atoms with Crippen molar-refractivity contribution >= 4 is 11.8 Å². The van der Waals surface area contributed by atoms with E-state index in [4.69, 9.17) is 21.6 Å². The van der Waals surface area contributed by atoms with Crippen molar-refractivity contribution in [2.75, 3.05) is 6.61 Å². The van der Waals surface area contributed by atoms with Gasteiger partial charge in [0.15, 0.2) is 6.29 Å². The molecule has 1 fully saturated rings. The summed E-state index contributed by atoms with van der Waals surface area (Å²) in [6.45, 7) is -0.482. The zero-order valence-corrected chi connectivity index (χ0v) is 7.42. The van der Waals surface area contributed by atoms with Gasteiger partial charge in [0.2, 0.25) is 0 Å². The van der Waals surface area contributed by atoms with E-state index in [0.29, 0.717) is 0 Å². The van der Waals surface area contributed by atoms with Crippen molar-refractivity contribution < 1.29 is 25.2 Å². The lowest BCUT2D eigenvalue weighted by atomic mass is 9.98. The van der Waals surface area contributed by atoms with Gasteiger partial charge in [0.25, 0.3) is 0 Å². The zero-order valence-electron chi connectivity index (χ0n) is 6.67. The van der Waals surface area contributed by atoms with Crippen LogP contribution in [-0.2, 0) is 4.74 Å². The third-order valence-corrected chi connectivity index (χ3v) is 2.28. The van der Waals surface area contributed by atoms with Gasteiger partial charge in [0.1, 0.15) is 24.4 Å². The van der Waals surface area contributed by atoms with E-state index in [1.165, 1.54) is 0 Å². The molecule has 78 valence electrons. The summed E-state index contributed by atoms with van der Waals surface area (Å²) >= 11 is 5.20. The van der Waals surface area contributed by atoms with Crippen molar-refractivity contribution in [3.05, 3.63) is 0 Å². The Balaban J connectivity index is 2.66. The van der Waals surface area contributed by atoms with Crippen molar-refractivity contribution in [1.29, 1.82) is 0 Å². The minimum absolute atomic E-state index is 0.482. The normalized spacial score (nSPS) is 46.4. The van der Waals surface area contributed by atoms with Gasteiger partial charge < -0.3 is 25.2 Å². The number of aliphatic hydroxyl groups is 4. The smallest absolute Gasteiger partial charge is 0.174 e. The lowest BCUT2D eigenvalue weighted by Gasteiger charge is -2.39. The molecule has 5 atom stereocenters. The fraction of sp³-hybridized carbons (Fsp3) is 1.00. The number of rotatable bonds is 2. The highest BCUT2D eigenvalue weighted by Gasteiger charge is 2.43. The van der Waals surface area contributed by atoms with Crippen LogP contribution in [0.4, 0.5) is 0 Å². The maximum atomic E-state index is 9.36. The second-order valence-electron chi connectivity index (χ2n) is 2.86. The van der Waals surface area contributed by atoms with E-state index >= 15 is 0 Å². The van der Waals surface area contributed by atoms with Crippen molar-refractivity contribution in [1.82, 2.24) is 4.84 Å². The van der Waals surface area contributed by atoms with Crippen molar-refractivity contribution in [2.24, 2.45) is 0 Å². The molecule has 1 aliphatic heterocycles. The van der Waals surface area contributed by atoms with Gasteiger partial charge in [0.05, 0.1) is 6.61 Å². The summed E-state index contributed by atoms with van der Waals surface area (Å²) < 4.78 is 4.77. The Morgan fingerprint density at radius 2 is 1.85 bits per heavy atom. The molecule has 13 heavy (non-hydrogen) atoms. The first-order valence-electron chi connectivity index (χ1n) is 3.78. The highest BCUT2D eigenvalue weighted by Crippen LogP contribution is 2.19. The quantitative estimate of drug-likeness (QED) is 0.326. The summed E-state index contributed by atoms with van der Waals surface area (Å²) in [6.07, 6.45) is -4.90. The van der Waals surface area contributed by atoms with Crippen LogP contribution in [0.15, 0.2) is 0 Å². The van der Waals surface area contributed by atoms with E-state index in [-0.39, 0.29) is 0 Å². The summed E-state index contributed by atoms with van der Waals surface area (Å²) in [6, 6.07) is -0.973. The molecule has 0 bridgehead atoms. The Bertz CT molecular complexity index is 171. The molecule has 0 aromatic carbocycles. The van der Waals surface area contributed by atoms with Crippen molar-refractivity contribution in [2.45, 2.75) is 30.6 Å². The first-order valence-corrected chi connectivity index (χ1v) is 4.16. The lowest BCUT2D eigenvalue weighted by molar-refractivity contribution is -0.251. The predicted octanol–water partition coefficient (Wildman–Crippen LogP) is -2.47. The van der Waals surface area contributed by atoms with Gasteiger partial charge in [-0.2, -0.15) is 0 Å². The summed E-state index contributed by atoms with van der Waals surface area (Å²) in [4.78, 5) is 2.08. The summed E-state index contributed by atoms with van der Waals surface area (Å²) in [5.74, 6) is 0. The topological polar surface area (TPSA) is 102 Å². The van der Waals surface area contributed by atoms with E-state index in [9.17, 15) is 15.3 Å². The second kappa shape index (κ2) is 4.52. The number of hydrogen-bond donors (Lipinski definition) is 5. The molecule has 0 amide bonds. The van der Waals surface area contributed by atoms with Crippen LogP contribution >= 0.6 is 11.8 Å². The fourth-order valence-electron chi connectivity index (χ4n) is 1.21. The van der Waals surface area contributed by atoms with Crippen LogP contribution < -0.4 is 4.84 Å². The summed E-state index contributed by atoms with van der Waals surface area (Å²) in [5.41, 5.74) is 0. The number of ether oxygens (including phenoxy) is 1. The predicted molar refractivity (Wildman–Crippen MR) is 42.8 cm³/mol. The molecule has 4 unspecified atom stereocenters. The monoisotopic (exact) mass is 213 g/mol. The van der Waals surface area contributed by atoms with Gasteiger partial charge in [-0.3, -0.25) is 0 Å². The van der Waals surface area contributed by atoms with E-state index in [1.807, 2.05) is 0 Å². The molecular formula is C6H12ClNO5. The Hall–Kier alpha value is 0.0500. The van der Waals surface area contributed by atoms with E-state index in [0.717, 1.165) is 0 Å². The van der Waals surface area contributed by atoms with Crippen LogP contribution in [-0.4, -0.2) is 57.7 Å². The molecule has 0 saturated carbocycles. The maximum Gasteiger partial charge on any atom is 0.174 e. The molecular weight excluding hydrogens is 202 g/mol. The first-order chi connectivity index (χ1) is 6.11. The molecule has 1 saturated heterocycles. The highest BCUT2D eigenvalue weighted by atomic mass is 35.5. The third kappa shape index (κ3) is 2.10. The number of aliphatic hydroxyl groups excluding tert-OH is 4. The molecule has 0 aromatic rings. The number of halogens is 1. The molecule has 0 radical (unpaired) electrons. The second-order valence-corrected chi connectivity index (χ2v) is 3.08. The molecule has 1 rings (SSSR count).